The molecule has 3 N–H and O–H groups in total. The molecule has 1 atom stereocenters. The number of urea groups is 1. The summed E-state index contributed by atoms with van der Waals surface area (Å²) in [4.78, 5) is 22.6. The number of rotatable bonds is 5. The third kappa shape index (κ3) is 4.45. The lowest BCUT2D eigenvalue weighted by atomic mass is 10.1. The molecule has 108 valence electrons. The van der Waals surface area contributed by atoms with Crippen LogP contribution in [0.5, 0.6) is 0 Å². The van der Waals surface area contributed by atoms with E-state index in [2.05, 4.69) is 10.6 Å². The Kier molecular flexibility index (Phi) is 5.29. The van der Waals surface area contributed by atoms with Crippen molar-refractivity contribution in [3.05, 3.63) is 29.8 Å². The van der Waals surface area contributed by atoms with E-state index in [9.17, 15) is 9.59 Å². The first kappa shape index (κ1) is 14.7. The molecule has 2 rings (SSSR count). The van der Waals surface area contributed by atoms with E-state index in [1.807, 2.05) is 11.8 Å². The number of carboxylic acids is 1. The second kappa shape index (κ2) is 7.19. The number of thioether (sulfide) groups is 1. The Morgan fingerprint density at radius 2 is 2.15 bits per heavy atom. The molecule has 0 aromatic heterocycles. The highest BCUT2D eigenvalue weighted by Gasteiger charge is 2.16. The minimum atomic E-state index is -0.915. The fourth-order valence-corrected chi connectivity index (χ4v) is 3.34. The Bertz CT molecular complexity index is 487. The molecule has 20 heavy (non-hydrogen) atoms. The van der Waals surface area contributed by atoms with Crippen molar-refractivity contribution < 1.29 is 14.7 Å². The zero-order valence-electron chi connectivity index (χ0n) is 11.1. The molecule has 1 saturated heterocycles. The van der Waals surface area contributed by atoms with Gasteiger partial charge in [0, 0.05) is 17.5 Å². The van der Waals surface area contributed by atoms with Crippen LogP contribution < -0.4 is 10.6 Å². The Hall–Kier alpha value is -1.69. The van der Waals surface area contributed by atoms with Crippen LogP contribution in [-0.4, -0.2) is 34.7 Å². The van der Waals surface area contributed by atoms with E-state index in [-0.39, 0.29) is 12.5 Å². The summed E-state index contributed by atoms with van der Waals surface area (Å²) in [7, 11) is 0. The number of hydrogen-bond acceptors (Lipinski definition) is 3. The van der Waals surface area contributed by atoms with Crippen molar-refractivity contribution in [2.24, 2.45) is 0 Å². The third-order valence-electron chi connectivity index (χ3n) is 3.12. The van der Waals surface area contributed by atoms with Crippen LogP contribution in [0.25, 0.3) is 0 Å². The van der Waals surface area contributed by atoms with Gasteiger partial charge in [-0.1, -0.05) is 18.2 Å². The molecule has 1 aliphatic heterocycles. The van der Waals surface area contributed by atoms with Gasteiger partial charge in [-0.05, 0) is 30.2 Å². The summed E-state index contributed by atoms with van der Waals surface area (Å²) in [6.07, 6.45) is 2.25. The fraction of sp³-hybridized carbons (Fsp3) is 0.429. The second-order valence-corrected chi connectivity index (χ2v) is 6.11. The van der Waals surface area contributed by atoms with E-state index in [0.717, 1.165) is 12.2 Å². The SMILES string of the molecule is O=C(O)Cc1ccccc1NC(=O)NCC1CCCS1. The maximum atomic E-state index is 11.8. The highest BCUT2D eigenvalue weighted by Crippen LogP contribution is 2.25. The first-order chi connectivity index (χ1) is 9.65. The Morgan fingerprint density at radius 3 is 2.85 bits per heavy atom. The quantitative estimate of drug-likeness (QED) is 0.779. The van der Waals surface area contributed by atoms with Gasteiger partial charge in [0.15, 0.2) is 0 Å². The molecule has 0 bridgehead atoms. The molecule has 1 fully saturated rings. The molecule has 1 heterocycles. The van der Waals surface area contributed by atoms with E-state index < -0.39 is 5.97 Å². The number of carbonyl (C=O) groups excluding carboxylic acids is 1. The number of aliphatic carboxylic acids is 1. The van der Waals surface area contributed by atoms with Gasteiger partial charge >= 0.3 is 12.0 Å². The summed E-state index contributed by atoms with van der Waals surface area (Å²) in [5.74, 6) is 0.247. The van der Waals surface area contributed by atoms with Crippen LogP contribution >= 0.6 is 11.8 Å². The van der Waals surface area contributed by atoms with E-state index in [4.69, 9.17) is 5.11 Å². The van der Waals surface area contributed by atoms with Crippen molar-refractivity contribution in [3.63, 3.8) is 0 Å². The molecule has 0 aliphatic carbocycles. The molecule has 5 nitrogen and oxygen atoms in total. The third-order valence-corrected chi connectivity index (χ3v) is 4.52. The van der Waals surface area contributed by atoms with Crippen LogP contribution in [-0.2, 0) is 11.2 Å². The molecule has 1 unspecified atom stereocenters. The van der Waals surface area contributed by atoms with Gasteiger partial charge in [-0.3, -0.25) is 4.79 Å². The topological polar surface area (TPSA) is 78.4 Å². The van der Waals surface area contributed by atoms with Gasteiger partial charge < -0.3 is 15.7 Å². The maximum absolute atomic E-state index is 11.8. The smallest absolute Gasteiger partial charge is 0.319 e. The summed E-state index contributed by atoms with van der Waals surface area (Å²) in [6.45, 7) is 0.650. The summed E-state index contributed by atoms with van der Waals surface area (Å²) < 4.78 is 0. The Morgan fingerprint density at radius 1 is 1.35 bits per heavy atom. The summed E-state index contributed by atoms with van der Waals surface area (Å²) >= 11 is 1.88. The van der Waals surface area contributed by atoms with Crippen molar-refractivity contribution in [2.75, 3.05) is 17.6 Å². The number of benzene rings is 1. The highest BCUT2D eigenvalue weighted by atomic mass is 32.2. The number of hydrogen-bond donors (Lipinski definition) is 3. The van der Waals surface area contributed by atoms with Crippen LogP contribution in [0.1, 0.15) is 18.4 Å². The van der Waals surface area contributed by atoms with Crippen molar-refractivity contribution in [1.29, 1.82) is 0 Å². The predicted molar refractivity (Wildman–Crippen MR) is 80.3 cm³/mol. The number of carboxylic acid groups (broad SMARTS) is 1. The predicted octanol–water partition coefficient (Wildman–Crippen LogP) is 2.33. The second-order valence-electron chi connectivity index (χ2n) is 4.70. The number of carbonyl (C=O) groups is 2. The molecule has 1 aromatic rings. The van der Waals surface area contributed by atoms with Crippen molar-refractivity contribution >= 4 is 29.4 Å². The maximum Gasteiger partial charge on any atom is 0.319 e. The molecule has 0 saturated carbocycles. The van der Waals surface area contributed by atoms with Crippen molar-refractivity contribution in [1.82, 2.24) is 5.32 Å². The van der Waals surface area contributed by atoms with E-state index in [0.29, 0.717) is 23.0 Å². The monoisotopic (exact) mass is 294 g/mol. The van der Waals surface area contributed by atoms with Gasteiger partial charge in [0.05, 0.1) is 6.42 Å². The van der Waals surface area contributed by atoms with Crippen LogP contribution in [0.2, 0.25) is 0 Å². The summed E-state index contributed by atoms with van der Waals surface area (Å²) in [6, 6.07) is 6.67. The summed E-state index contributed by atoms with van der Waals surface area (Å²) in [5, 5.41) is 14.9. The van der Waals surface area contributed by atoms with Crippen LogP contribution in [0, 0.1) is 0 Å². The van der Waals surface area contributed by atoms with Gasteiger partial charge in [0.2, 0.25) is 0 Å². The van der Waals surface area contributed by atoms with Gasteiger partial charge in [0.1, 0.15) is 0 Å². The first-order valence-electron chi connectivity index (χ1n) is 6.61. The minimum absolute atomic E-state index is 0.102. The normalized spacial score (nSPS) is 17.7. The molecule has 0 spiro atoms. The molecule has 0 radical (unpaired) electrons. The Labute approximate surface area is 122 Å². The highest BCUT2D eigenvalue weighted by molar-refractivity contribution is 8.00. The summed E-state index contributed by atoms with van der Waals surface area (Å²) in [5.41, 5.74) is 1.15. The van der Waals surface area contributed by atoms with Crippen LogP contribution in [0.15, 0.2) is 24.3 Å². The van der Waals surface area contributed by atoms with E-state index in [1.165, 1.54) is 6.42 Å². The van der Waals surface area contributed by atoms with E-state index >= 15 is 0 Å². The number of anilines is 1. The molecule has 1 aromatic carbocycles. The van der Waals surface area contributed by atoms with E-state index in [1.54, 1.807) is 24.3 Å². The zero-order valence-corrected chi connectivity index (χ0v) is 11.9. The lowest BCUT2D eigenvalue weighted by Gasteiger charge is -2.13. The molecule has 2 amide bonds. The lowest BCUT2D eigenvalue weighted by Crippen LogP contribution is -2.33. The van der Waals surface area contributed by atoms with Crippen LogP contribution in [0.4, 0.5) is 10.5 Å². The fourth-order valence-electron chi connectivity index (χ4n) is 2.14. The zero-order chi connectivity index (χ0) is 14.4. The number of nitrogens with one attached hydrogen (secondary N) is 2. The average molecular weight is 294 g/mol. The standard InChI is InChI=1S/C14H18N2O3S/c17-13(18)8-10-4-1-2-6-12(10)16-14(19)15-9-11-5-3-7-20-11/h1-2,4,6,11H,3,5,7-9H2,(H,17,18)(H2,15,16,19). The van der Waals surface area contributed by atoms with Crippen molar-refractivity contribution in [3.8, 4) is 0 Å². The van der Waals surface area contributed by atoms with Gasteiger partial charge in [0.25, 0.3) is 0 Å². The molecular weight excluding hydrogens is 276 g/mol. The molecule has 6 heteroatoms. The minimum Gasteiger partial charge on any atom is -0.481 e. The largest absolute Gasteiger partial charge is 0.481 e. The Balaban J connectivity index is 1.88. The number of para-hydroxylation sites is 1. The molecular formula is C14H18N2O3S. The van der Waals surface area contributed by atoms with Crippen LogP contribution in [0.3, 0.4) is 0 Å². The van der Waals surface area contributed by atoms with Gasteiger partial charge in [-0.25, -0.2) is 4.79 Å². The van der Waals surface area contributed by atoms with Gasteiger partial charge in [-0.15, -0.1) is 0 Å². The van der Waals surface area contributed by atoms with Gasteiger partial charge in [-0.2, -0.15) is 11.8 Å². The average Bonchev–Trinajstić information content (AvgIpc) is 2.91. The number of amides is 2. The molecule has 1 aliphatic rings. The van der Waals surface area contributed by atoms with Crippen molar-refractivity contribution in [2.45, 2.75) is 24.5 Å². The lowest BCUT2D eigenvalue weighted by molar-refractivity contribution is -0.136. The first-order valence-corrected chi connectivity index (χ1v) is 7.66.